The van der Waals surface area contributed by atoms with Crippen LogP contribution in [0.5, 0.6) is 0 Å². The molecule has 1 saturated carbocycles. The van der Waals surface area contributed by atoms with Gasteiger partial charge in [-0.05, 0) is 59.6 Å². The molecule has 2 rings (SSSR count). The SMILES string of the molecule is CC1C(CO)C(N)(c2ccc(CCC(C)(C)C)c(Cl)c2)CCC1(C)C. The summed E-state index contributed by atoms with van der Waals surface area (Å²) in [6, 6.07) is 6.32. The van der Waals surface area contributed by atoms with E-state index in [1.165, 1.54) is 5.56 Å². The molecule has 3 heteroatoms. The van der Waals surface area contributed by atoms with Crippen molar-refractivity contribution in [2.75, 3.05) is 6.61 Å². The van der Waals surface area contributed by atoms with E-state index < -0.39 is 5.54 Å². The van der Waals surface area contributed by atoms with E-state index in [1.54, 1.807) is 0 Å². The number of benzene rings is 1. The van der Waals surface area contributed by atoms with Gasteiger partial charge in [-0.1, -0.05) is 65.3 Å². The Balaban J connectivity index is 2.29. The van der Waals surface area contributed by atoms with Crippen molar-refractivity contribution in [3.05, 3.63) is 34.3 Å². The molecule has 0 aromatic heterocycles. The Bertz CT molecular complexity index is 605. The minimum Gasteiger partial charge on any atom is -0.396 e. The van der Waals surface area contributed by atoms with Crippen LogP contribution in [0.4, 0.5) is 0 Å². The van der Waals surface area contributed by atoms with Crippen LogP contribution in [-0.2, 0) is 12.0 Å². The van der Waals surface area contributed by atoms with Crippen LogP contribution in [0.2, 0.25) is 5.02 Å². The molecule has 3 N–H and O–H groups in total. The second-order valence-electron chi connectivity index (χ2n) is 9.97. The molecular formula is C22H36ClNO. The van der Waals surface area contributed by atoms with Crippen LogP contribution in [0.1, 0.15) is 71.9 Å². The Hall–Kier alpha value is -0.570. The van der Waals surface area contributed by atoms with Crippen molar-refractivity contribution in [2.45, 2.75) is 72.8 Å². The molecule has 0 radical (unpaired) electrons. The number of rotatable bonds is 4. The van der Waals surface area contributed by atoms with E-state index in [4.69, 9.17) is 17.3 Å². The molecule has 3 unspecified atom stereocenters. The van der Waals surface area contributed by atoms with Crippen molar-refractivity contribution in [1.82, 2.24) is 0 Å². The Labute approximate surface area is 159 Å². The molecule has 142 valence electrons. The molecule has 0 spiro atoms. The third-order valence-corrected chi connectivity index (χ3v) is 6.96. The molecule has 3 atom stereocenters. The standard InChI is InChI=1S/C22H36ClNO/c1-15-18(14-25)22(24,12-11-21(15,5)6)17-8-7-16(19(23)13-17)9-10-20(2,3)4/h7-8,13,15,18,25H,9-12,14,24H2,1-6H3. The lowest BCUT2D eigenvalue weighted by atomic mass is 9.56. The molecule has 25 heavy (non-hydrogen) atoms. The van der Waals surface area contributed by atoms with Gasteiger partial charge in [-0.25, -0.2) is 0 Å². The summed E-state index contributed by atoms with van der Waals surface area (Å²) < 4.78 is 0. The van der Waals surface area contributed by atoms with Gasteiger partial charge in [0.25, 0.3) is 0 Å². The second kappa shape index (κ2) is 7.21. The van der Waals surface area contributed by atoms with E-state index in [0.717, 1.165) is 36.3 Å². The van der Waals surface area contributed by atoms with Gasteiger partial charge in [-0.15, -0.1) is 0 Å². The second-order valence-corrected chi connectivity index (χ2v) is 10.4. The lowest BCUT2D eigenvalue weighted by Gasteiger charge is -2.52. The van der Waals surface area contributed by atoms with Crippen molar-refractivity contribution in [3.63, 3.8) is 0 Å². The number of halogens is 1. The fraction of sp³-hybridized carbons (Fsp3) is 0.727. The zero-order valence-electron chi connectivity index (χ0n) is 16.8. The van der Waals surface area contributed by atoms with Gasteiger partial charge in [0, 0.05) is 23.1 Å². The molecule has 2 nitrogen and oxygen atoms in total. The summed E-state index contributed by atoms with van der Waals surface area (Å²) in [6.07, 6.45) is 4.02. The quantitative estimate of drug-likeness (QED) is 0.736. The van der Waals surface area contributed by atoms with Crippen LogP contribution in [0, 0.1) is 22.7 Å². The zero-order valence-corrected chi connectivity index (χ0v) is 17.6. The van der Waals surface area contributed by atoms with E-state index in [1.807, 2.05) is 6.07 Å². The van der Waals surface area contributed by atoms with Crippen LogP contribution in [0.25, 0.3) is 0 Å². The third-order valence-electron chi connectivity index (χ3n) is 6.61. The van der Waals surface area contributed by atoms with Gasteiger partial charge < -0.3 is 10.8 Å². The first kappa shape index (κ1) is 20.7. The van der Waals surface area contributed by atoms with Crippen LogP contribution in [-0.4, -0.2) is 11.7 Å². The molecule has 1 aliphatic rings. The van der Waals surface area contributed by atoms with Gasteiger partial charge in [0.2, 0.25) is 0 Å². The summed E-state index contributed by atoms with van der Waals surface area (Å²) in [5, 5.41) is 10.9. The summed E-state index contributed by atoms with van der Waals surface area (Å²) in [7, 11) is 0. The average molecular weight is 366 g/mol. The van der Waals surface area contributed by atoms with Crippen molar-refractivity contribution in [2.24, 2.45) is 28.4 Å². The summed E-state index contributed by atoms with van der Waals surface area (Å²) in [5.74, 6) is 0.406. The Kier molecular flexibility index (Phi) is 5.98. The molecule has 0 aliphatic heterocycles. The van der Waals surface area contributed by atoms with E-state index in [-0.39, 0.29) is 17.9 Å². The summed E-state index contributed by atoms with van der Waals surface area (Å²) in [5.41, 5.74) is 9.14. The van der Waals surface area contributed by atoms with Crippen LogP contribution >= 0.6 is 11.6 Å². The lowest BCUT2D eigenvalue weighted by Crippen LogP contribution is -2.55. The Morgan fingerprint density at radius 3 is 2.40 bits per heavy atom. The molecule has 0 amide bonds. The molecule has 0 saturated heterocycles. The summed E-state index contributed by atoms with van der Waals surface area (Å²) in [4.78, 5) is 0. The monoisotopic (exact) mass is 365 g/mol. The van der Waals surface area contributed by atoms with Crippen molar-refractivity contribution >= 4 is 11.6 Å². The highest BCUT2D eigenvalue weighted by molar-refractivity contribution is 6.31. The van der Waals surface area contributed by atoms with Crippen molar-refractivity contribution in [1.29, 1.82) is 0 Å². The maximum atomic E-state index is 10.1. The molecule has 1 aliphatic carbocycles. The van der Waals surface area contributed by atoms with E-state index >= 15 is 0 Å². The molecule has 0 bridgehead atoms. The van der Waals surface area contributed by atoms with Crippen LogP contribution in [0.3, 0.4) is 0 Å². The minimum absolute atomic E-state index is 0.0488. The van der Waals surface area contributed by atoms with E-state index in [0.29, 0.717) is 11.3 Å². The number of aliphatic hydroxyl groups excluding tert-OH is 1. The predicted octanol–water partition coefficient (Wildman–Crippen LogP) is 5.54. The average Bonchev–Trinajstić information content (AvgIpc) is 2.50. The smallest absolute Gasteiger partial charge is 0.0482 e. The molecule has 0 heterocycles. The highest BCUT2D eigenvalue weighted by Crippen LogP contribution is 2.51. The first-order valence-corrected chi connectivity index (χ1v) is 9.97. The Morgan fingerprint density at radius 2 is 1.88 bits per heavy atom. The fourth-order valence-corrected chi connectivity index (χ4v) is 4.44. The number of hydrogen-bond donors (Lipinski definition) is 2. The predicted molar refractivity (Wildman–Crippen MR) is 108 cm³/mol. The molecule has 1 fully saturated rings. The first-order chi connectivity index (χ1) is 11.4. The topological polar surface area (TPSA) is 46.2 Å². The highest BCUT2D eigenvalue weighted by atomic mass is 35.5. The number of hydrogen-bond acceptors (Lipinski definition) is 2. The Morgan fingerprint density at radius 1 is 1.24 bits per heavy atom. The first-order valence-electron chi connectivity index (χ1n) is 9.59. The fourth-order valence-electron chi connectivity index (χ4n) is 4.16. The van der Waals surface area contributed by atoms with Gasteiger partial charge >= 0.3 is 0 Å². The normalized spacial score (nSPS) is 29.6. The summed E-state index contributed by atoms with van der Waals surface area (Å²) in [6.45, 7) is 13.7. The van der Waals surface area contributed by atoms with Crippen molar-refractivity contribution < 1.29 is 5.11 Å². The highest BCUT2D eigenvalue weighted by Gasteiger charge is 2.49. The van der Waals surface area contributed by atoms with E-state index in [9.17, 15) is 5.11 Å². The molecule has 1 aromatic carbocycles. The number of nitrogens with two attached hydrogens (primary N) is 1. The van der Waals surface area contributed by atoms with E-state index in [2.05, 4.69) is 53.7 Å². The number of aryl methyl sites for hydroxylation is 1. The van der Waals surface area contributed by atoms with Gasteiger partial charge in [0.1, 0.15) is 0 Å². The molecule has 1 aromatic rings. The number of aliphatic hydroxyl groups is 1. The van der Waals surface area contributed by atoms with Gasteiger partial charge in [-0.2, -0.15) is 0 Å². The zero-order chi connectivity index (χ0) is 19.0. The molecular weight excluding hydrogens is 330 g/mol. The van der Waals surface area contributed by atoms with Crippen LogP contribution in [0.15, 0.2) is 18.2 Å². The largest absolute Gasteiger partial charge is 0.396 e. The van der Waals surface area contributed by atoms with Gasteiger partial charge in [0.15, 0.2) is 0 Å². The van der Waals surface area contributed by atoms with Crippen LogP contribution < -0.4 is 5.73 Å². The maximum Gasteiger partial charge on any atom is 0.0482 e. The lowest BCUT2D eigenvalue weighted by molar-refractivity contribution is -0.0129. The van der Waals surface area contributed by atoms with Gasteiger partial charge in [0.05, 0.1) is 0 Å². The minimum atomic E-state index is -0.504. The van der Waals surface area contributed by atoms with Gasteiger partial charge in [-0.3, -0.25) is 0 Å². The maximum absolute atomic E-state index is 10.1. The third kappa shape index (κ3) is 4.40. The van der Waals surface area contributed by atoms with Crippen molar-refractivity contribution in [3.8, 4) is 0 Å². The summed E-state index contributed by atoms with van der Waals surface area (Å²) >= 11 is 6.60.